The monoisotopic (exact) mass is 267 g/mol. The Kier molecular flexibility index (Phi) is 4.67. The van der Waals surface area contributed by atoms with Gasteiger partial charge in [0.05, 0.1) is 18.2 Å². The molecule has 0 spiro atoms. The number of ether oxygens (including phenoxy) is 1. The third-order valence-electron chi connectivity index (χ3n) is 3.49. The van der Waals surface area contributed by atoms with Crippen LogP contribution in [0.4, 0.5) is 0 Å². The number of thioether (sulfide) groups is 1. The van der Waals surface area contributed by atoms with Crippen LogP contribution in [0, 0.1) is 0 Å². The molecular weight excluding hydrogens is 246 g/mol. The lowest BCUT2D eigenvalue weighted by molar-refractivity contribution is 0.127. The minimum atomic E-state index is -0.658. The molecule has 0 amide bonds. The quantitative estimate of drug-likeness (QED) is 0.853. The first-order valence-corrected chi connectivity index (χ1v) is 7.39. The van der Waals surface area contributed by atoms with Crippen LogP contribution in [0.3, 0.4) is 0 Å². The van der Waals surface area contributed by atoms with E-state index in [2.05, 4.69) is 6.92 Å². The predicted molar refractivity (Wildman–Crippen MR) is 75.7 cm³/mol. The van der Waals surface area contributed by atoms with Crippen LogP contribution in [0.5, 0.6) is 0 Å². The molecule has 0 aromatic heterocycles. The normalized spacial score (nSPS) is 27.1. The first kappa shape index (κ1) is 13.9. The lowest BCUT2D eigenvalue weighted by Gasteiger charge is -2.29. The Hall–Kier alpha value is -0.550. The zero-order valence-electron chi connectivity index (χ0n) is 10.7. The topological polar surface area (TPSA) is 55.5 Å². The van der Waals surface area contributed by atoms with E-state index in [1.54, 1.807) is 0 Å². The van der Waals surface area contributed by atoms with Crippen LogP contribution in [0.1, 0.15) is 18.9 Å². The third kappa shape index (κ3) is 3.06. The summed E-state index contributed by atoms with van der Waals surface area (Å²) in [5.74, 6) is 0.714. The van der Waals surface area contributed by atoms with E-state index in [1.807, 2.05) is 42.1 Å². The van der Waals surface area contributed by atoms with Gasteiger partial charge in [0.1, 0.15) is 0 Å². The summed E-state index contributed by atoms with van der Waals surface area (Å²) in [5, 5.41) is 10.1. The molecule has 1 fully saturated rings. The maximum absolute atomic E-state index is 9.61. The Morgan fingerprint density at radius 3 is 2.72 bits per heavy atom. The van der Waals surface area contributed by atoms with Crippen molar-refractivity contribution in [3.63, 3.8) is 0 Å². The number of benzene rings is 1. The van der Waals surface area contributed by atoms with Crippen molar-refractivity contribution in [2.45, 2.75) is 30.2 Å². The molecule has 0 aliphatic carbocycles. The molecule has 4 heteroatoms. The van der Waals surface area contributed by atoms with Crippen LogP contribution in [0.25, 0.3) is 0 Å². The van der Waals surface area contributed by atoms with Crippen molar-refractivity contribution in [2.24, 2.45) is 5.73 Å². The maximum atomic E-state index is 9.61. The van der Waals surface area contributed by atoms with E-state index in [4.69, 9.17) is 10.5 Å². The van der Waals surface area contributed by atoms with Gasteiger partial charge < -0.3 is 15.6 Å². The van der Waals surface area contributed by atoms with Gasteiger partial charge in [-0.05, 0) is 18.9 Å². The smallest absolute Gasteiger partial charge is 0.0735 e. The molecule has 3 unspecified atom stereocenters. The molecule has 0 saturated carbocycles. The van der Waals surface area contributed by atoms with Crippen molar-refractivity contribution < 1.29 is 9.84 Å². The molecule has 0 bridgehead atoms. The van der Waals surface area contributed by atoms with Crippen molar-refractivity contribution >= 4 is 11.8 Å². The summed E-state index contributed by atoms with van der Waals surface area (Å²) in [5.41, 5.74) is 6.66. The SMILES string of the molecule is CC1OCCC1SCC(N)(CO)c1ccccc1. The summed E-state index contributed by atoms with van der Waals surface area (Å²) in [7, 11) is 0. The largest absolute Gasteiger partial charge is 0.394 e. The lowest BCUT2D eigenvalue weighted by Crippen LogP contribution is -2.43. The Morgan fingerprint density at radius 2 is 2.17 bits per heavy atom. The number of rotatable bonds is 5. The molecule has 1 saturated heterocycles. The highest BCUT2D eigenvalue weighted by Gasteiger charge is 2.31. The summed E-state index contributed by atoms with van der Waals surface area (Å²) in [6.45, 7) is 2.90. The number of hydrogen-bond acceptors (Lipinski definition) is 4. The van der Waals surface area contributed by atoms with E-state index in [0.29, 0.717) is 11.0 Å². The number of nitrogens with two attached hydrogens (primary N) is 1. The fraction of sp³-hybridized carbons (Fsp3) is 0.571. The molecule has 0 radical (unpaired) electrons. The van der Waals surface area contributed by atoms with Crippen LogP contribution in [0.2, 0.25) is 0 Å². The summed E-state index contributed by atoms with van der Waals surface area (Å²) in [4.78, 5) is 0. The zero-order valence-corrected chi connectivity index (χ0v) is 11.5. The minimum absolute atomic E-state index is 0.0357. The Bertz CT molecular complexity index is 373. The highest BCUT2D eigenvalue weighted by atomic mass is 32.2. The molecule has 3 nitrogen and oxygen atoms in total. The second kappa shape index (κ2) is 6.06. The van der Waals surface area contributed by atoms with E-state index < -0.39 is 5.54 Å². The fourth-order valence-corrected chi connectivity index (χ4v) is 3.56. The molecule has 3 atom stereocenters. The molecule has 1 aromatic carbocycles. The predicted octanol–water partition coefficient (Wildman–Crippen LogP) is 1.74. The zero-order chi connectivity index (χ0) is 13.0. The average molecular weight is 267 g/mol. The molecule has 3 N–H and O–H groups in total. The third-order valence-corrected chi connectivity index (χ3v) is 5.22. The van der Waals surface area contributed by atoms with Crippen molar-refractivity contribution in [3.05, 3.63) is 35.9 Å². The fourth-order valence-electron chi connectivity index (χ4n) is 2.18. The van der Waals surface area contributed by atoms with Gasteiger partial charge in [0, 0.05) is 17.6 Å². The second-order valence-electron chi connectivity index (χ2n) is 4.89. The number of aliphatic hydroxyl groups excluding tert-OH is 1. The van der Waals surface area contributed by atoms with Crippen LogP contribution in [-0.4, -0.2) is 35.4 Å². The molecule has 2 rings (SSSR count). The molecule has 1 aliphatic rings. The Balaban J connectivity index is 2.00. The second-order valence-corrected chi connectivity index (χ2v) is 6.12. The van der Waals surface area contributed by atoms with E-state index >= 15 is 0 Å². The van der Waals surface area contributed by atoms with Crippen molar-refractivity contribution in [3.8, 4) is 0 Å². The van der Waals surface area contributed by atoms with Gasteiger partial charge in [0.25, 0.3) is 0 Å². The average Bonchev–Trinajstić information content (AvgIpc) is 2.83. The van der Waals surface area contributed by atoms with Gasteiger partial charge in [-0.3, -0.25) is 0 Å². The van der Waals surface area contributed by atoms with Crippen molar-refractivity contribution in [1.82, 2.24) is 0 Å². The first-order valence-electron chi connectivity index (χ1n) is 6.34. The number of aliphatic hydroxyl groups is 1. The highest BCUT2D eigenvalue weighted by molar-refractivity contribution is 8.00. The van der Waals surface area contributed by atoms with E-state index in [9.17, 15) is 5.11 Å². The molecule has 18 heavy (non-hydrogen) atoms. The van der Waals surface area contributed by atoms with Gasteiger partial charge in [0.15, 0.2) is 0 Å². The van der Waals surface area contributed by atoms with Gasteiger partial charge >= 0.3 is 0 Å². The van der Waals surface area contributed by atoms with Gasteiger partial charge in [-0.15, -0.1) is 0 Å². The summed E-state index contributed by atoms with van der Waals surface area (Å²) in [6.07, 6.45) is 1.36. The van der Waals surface area contributed by atoms with Crippen LogP contribution < -0.4 is 5.73 Å². The summed E-state index contributed by atoms with van der Waals surface area (Å²) < 4.78 is 5.55. The lowest BCUT2D eigenvalue weighted by atomic mass is 9.94. The molecule has 100 valence electrons. The summed E-state index contributed by atoms with van der Waals surface area (Å²) >= 11 is 1.81. The standard InChI is InChI=1S/C14H21NO2S/c1-11-13(7-8-17-11)18-10-14(15,9-16)12-5-3-2-4-6-12/h2-6,11,13,16H,7-10,15H2,1H3. The Labute approximate surface area is 113 Å². The maximum Gasteiger partial charge on any atom is 0.0735 e. The highest BCUT2D eigenvalue weighted by Crippen LogP contribution is 2.31. The van der Waals surface area contributed by atoms with Gasteiger partial charge in [-0.25, -0.2) is 0 Å². The molecule has 1 aromatic rings. The van der Waals surface area contributed by atoms with Gasteiger partial charge in [0.2, 0.25) is 0 Å². The van der Waals surface area contributed by atoms with Crippen LogP contribution in [-0.2, 0) is 10.3 Å². The molecular formula is C14H21NO2S. The minimum Gasteiger partial charge on any atom is -0.394 e. The first-order chi connectivity index (χ1) is 8.65. The van der Waals surface area contributed by atoms with Gasteiger partial charge in [-0.1, -0.05) is 30.3 Å². The van der Waals surface area contributed by atoms with Crippen LogP contribution in [0.15, 0.2) is 30.3 Å². The van der Waals surface area contributed by atoms with Crippen molar-refractivity contribution in [1.29, 1.82) is 0 Å². The molecule has 1 heterocycles. The Morgan fingerprint density at radius 1 is 1.44 bits per heavy atom. The van der Waals surface area contributed by atoms with Gasteiger partial charge in [-0.2, -0.15) is 11.8 Å². The van der Waals surface area contributed by atoms with Crippen LogP contribution >= 0.6 is 11.8 Å². The van der Waals surface area contributed by atoms with Crippen molar-refractivity contribution in [2.75, 3.05) is 19.0 Å². The van der Waals surface area contributed by atoms with E-state index in [0.717, 1.165) is 18.6 Å². The van der Waals surface area contributed by atoms with E-state index in [-0.39, 0.29) is 12.7 Å². The van der Waals surface area contributed by atoms with E-state index in [1.165, 1.54) is 0 Å². The summed E-state index contributed by atoms with van der Waals surface area (Å²) in [6, 6.07) is 9.83. The number of hydrogen-bond donors (Lipinski definition) is 2. The molecule has 1 aliphatic heterocycles.